The SMILES string of the molecule is C=C(C)C(=O)OC(=C)C(=O)OCCC1CO1. The van der Waals surface area contributed by atoms with Crippen molar-refractivity contribution >= 4 is 11.9 Å². The first kappa shape index (κ1) is 12.4. The lowest BCUT2D eigenvalue weighted by atomic mass is 10.3. The van der Waals surface area contributed by atoms with Gasteiger partial charge in [-0.25, -0.2) is 9.59 Å². The highest BCUT2D eigenvalue weighted by Crippen LogP contribution is 2.13. The van der Waals surface area contributed by atoms with Crippen LogP contribution in [-0.2, 0) is 23.8 Å². The number of hydrogen-bond acceptors (Lipinski definition) is 5. The maximum Gasteiger partial charge on any atom is 0.373 e. The van der Waals surface area contributed by atoms with Crippen LogP contribution in [0.4, 0.5) is 0 Å². The molecule has 1 heterocycles. The van der Waals surface area contributed by atoms with Crippen molar-refractivity contribution in [3.8, 4) is 0 Å². The highest BCUT2D eigenvalue weighted by Gasteiger charge is 2.23. The van der Waals surface area contributed by atoms with Crippen LogP contribution in [0.3, 0.4) is 0 Å². The zero-order valence-corrected chi connectivity index (χ0v) is 9.15. The summed E-state index contributed by atoms with van der Waals surface area (Å²) in [5.74, 6) is -1.76. The summed E-state index contributed by atoms with van der Waals surface area (Å²) >= 11 is 0. The fourth-order valence-electron chi connectivity index (χ4n) is 0.839. The van der Waals surface area contributed by atoms with Gasteiger partial charge < -0.3 is 14.2 Å². The van der Waals surface area contributed by atoms with Crippen molar-refractivity contribution in [1.82, 2.24) is 0 Å². The van der Waals surface area contributed by atoms with Gasteiger partial charge in [-0.2, -0.15) is 0 Å². The molecule has 0 radical (unpaired) electrons. The lowest BCUT2D eigenvalue weighted by Gasteiger charge is -2.06. The van der Waals surface area contributed by atoms with Crippen molar-refractivity contribution in [3.63, 3.8) is 0 Å². The number of carbonyl (C=O) groups excluding carboxylic acids is 2. The van der Waals surface area contributed by atoms with E-state index in [1.807, 2.05) is 0 Å². The molecular weight excluding hydrogens is 212 g/mol. The van der Waals surface area contributed by atoms with Gasteiger partial charge in [0.15, 0.2) is 0 Å². The fourth-order valence-corrected chi connectivity index (χ4v) is 0.839. The van der Waals surface area contributed by atoms with Gasteiger partial charge in [0.25, 0.3) is 0 Å². The van der Waals surface area contributed by atoms with Gasteiger partial charge in [-0.1, -0.05) is 6.58 Å². The van der Waals surface area contributed by atoms with Crippen molar-refractivity contribution in [1.29, 1.82) is 0 Å². The molecule has 0 aromatic heterocycles. The van der Waals surface area contributed by atoms with Crippen LogP contribution in [-0.4, -0.2) is 31.3 Å². The van der Waals surface area contributed by atoms with Crippen LogP contribution in [0.25, 0.3) is 0 Å². The van der Waals surface area contributed by atoms with Crippen LogP contribution >= 0.6 is 0 Å². The molecular formula is C11H14O5. The van der Waals surface area contributed by atoms with Gasteiger partial charge in [-0.05, 0) is 13.5 Å². The molecule has 16 heavy (non-hydrogen) atoms. The Kier molecular flexibility index (Phi) is 4.25. The first-order valence-electron chi connectivity index (χ1n) is 4.86. The standard InChI is InChI=1S/C11H14O5/c1-7(2)10(12)16-8(3)11(13)14-5-4-9-6-15-9/h9H,1,3-6H2,2H3. The summed E-state index contributed by atoms with van der Waals surface area (Å²) in [7, 11) is 0. The Morgan fingerprint density at radius 1 is 1.38 bits per heavy atom. The second-order valence-corrected chi connectivity index (χ2v) is 3.47. The van der Waals surface area contributed by atoms with Crippen molar-refractivity contribution in [2.75, 3.05) is 13.2 Å². The number of esters is 2. The van der Waals surface area contributed by atoms with Gasteiger partial charge in [-0.3, -0.25) is 0 Å². The molecule has 0 amide bonds. The topological polar surface area (TPSA) is 65.1 Å². The van der Waals surface area contributed by atoms with E-state index in [0.717, 1.165) is 0 Å². The summed E-state index contributed by atoms with van der Waals surface area (Å²) in [4.78, 5) is 22.3. The van der Waals surface area contributed by atoms with Crippen LogP contribution in [0, 0.1) is 0 Å². The largest absolute Gasteiger partial charge is 0.460 e. The summed E-state index contributed by atoms with van der Waals surface area (Å²) in [6.07, 6.45) is 0.840. The number of rotatable bonds is 6. The smallest absolute Gasteiger partial charge is 0.373 e. The number of epoxide rings is 1. The Hall–Kier alpha value is -1.62. The van der Waals surface area contributed by atoms with Gasteiger partial charge in [-0.15, -0.1) is 0 Å². The van der Waals surface area contributed by atoms with Gasteiger partial charge in [0, 0.05) is 12.0 Å². The lowest BCUT2D eigenvalue weighted by Crippen LogP contribution is -2.15. The van der Waals surface area contributed by atoms with E-state index >= 15 is 0 Å². The minimum absolute atomic E-state index is 0.194. The normalized spacial score (nSPS) is 17.4. The van der Waals surface area contributed by atoms with Gasteiger partial charge in [0.05, 0.1) is 19.3 Å². The Morgan fingerprint density at radius 3 is 2.50 bits per heavy atom. The van der Waals surface area contributed by atoms with Crippen molar-refractivity contribution in [2.24, 2.45) is 0 Å². The van der Waals surface area contributed by atoms with Crippen LogP contribution < -0.4 is 0 Å². The van der Waals surface area contributed by atoms with Crippen molar-refractivity contribution in [2.45, 2.75) is 19.4 Å². The molecule has 0 aliphatic carbocycles. The Bertz CT molecular complexity index is 327. The first-order chi connectivity index (χ1) is 7.50. The molecule has 0 aromatic carbocycles. The third-order valence-corrected chi connectivity index (χ3v) is 1.87. The van der Waals surface area contributed by atoms with E-state index in [9.17, 15) is 9.59 Å². The molecule has 1 aliphatic heterocycles. The quantitative estimate of drug-likeness (QED) is 0.292. The molecule has 0 bridgehead atoms. The molecule has 5 heteroatoms. The van der Waals surface area contributed by atoms with Gasteiger partial charge in [0.1, 0.15) is 0 Å². The van der Waals surface area contributed by atoms with E-state index in [1.54, 1.807) is 0 Å². The molecule has 0 saturated carbocycles. The molecule has 1 unspecified atom stereocenters. The highest BCUT2D eigenvalue weighted by atomic mass is 16.6. The molecule has 1 rings (SSSR count). The molecule has 0 aromatic rings. The van der Waals surface area contributed by atoms with Crippen LogP contribution in [0.15, 0.2) is 24.5 Å². The summed E-state index contributed by atoms with van der Waals surface area (Å²) in [6, 6.07) is 0. The van der Waals surface area contributed by atoms with Crippen molar-refractivity contribution < 1.29 is 23.8 Å². The van der Waals surface area contributed by atoms with Crippen LogP contribution in [0.5, 0.6) is 0 Å². The summed E-state index contributed by atoms with van der Waals surface area (Å²) in [5, 5.41) is 0. The number of ether oxygens (including phenoxy) is 3. The Labute approximate surface area is 93.7 Å². The second kappa shape index (κ2) is 5.46. The summed E-state index contributed by atoms with van der Waals surface area (Å²) in [5.41, 5.74) is 0.195. The zero-order valence-electron chi connectivity index (χ0n) is 9.15. The first-order valence-corrected chi connectivity index (χ1v) is 4.86. The predicted octanol–water partition coefficient (Wildman–Crippen LogP) is 0.951. The molecule has 0 spiro atoms. The maximum atomic E-state index is 11.2. The minimum atomic E-state index is -0.741. The lowest BCUT2D eigenvalue weighted by molar-refractivity contribution is -0.149. The highest BCUT2D eigenvalue weighted by molar-refractivity contribution is 5.93. The minimum Gasteiger partial charge on any atom is -0.460 e. The van der Waals surface area contributed by atoms with E-state index < -0.39 is 11.9 Å². The fraction of sp³-hybridized carbons (Fsp3) is 0.455. The maximum absolute atomic E-state index is 11.2. The molecule has 1 fully saturated rings. The molecule has 0 N–H and O–H groups in total. The Balaban J connectivity index is 2.21. The van der Waals surface area contributed by atoms with Crippen molar-refractivity contribution in [3.05, 3.63) is 24.5 Å². The van der Waals surface area contributed by atoms with E-state index in [1.165, 1.54) is 6.92 Å². The number of carbonyl (C=O) groups is 2. The van der Waals surface area contributed by atoms with Gasteiger partial charge in [0.2, 0.25) is 5.76 Å². The Morgan fingerprint density at radius 2 is 2.00 bits per heavy atom. The zero-order chi connectivity index (χ0) is 12.1. The third-order valence-electron chi connectivity index (χ3n) is 1.87. The molecule has 88 valence electrons. The molecule has 1 atom stereocenters. The van der Waals surface area contributed by atoms with E-state index in [4.69, 9.17) is 9.47 Å². The van der Waals surface area contributed by atoms with E-state index in [0.29, 0.717) is 13.0 Å². The van der Waals surface area contributed by atoms with Crippen LogP contribution in [0.1, 0.15) is 13.3 Å². The summed E-state index contributed by atoms with van der Waals surface area (Å²) < 4.78 is 14.4. The molecule has 5 nitrogen and oxygen atoms in total. The second-order valence-electron chi connectivity index (χ2n) is 3.47. The number of hydrogen-bond donors (Lipinski definition) is 0. The average Bonchev–Trinajstić information content (AvgIpc) is 3.01. The molecule has 1 aliphatic rings. The van der Waals surface area contributed by atoms with Gasteiger partial charge >= 0.3 is 11.9 Å². The van der Waals surface area contributed by atoms with E-state index in [2.05, 4.69) is 17.9 Å². The van der Waals surface area contributed by atoms with E-state index in [-0.39, 0.29) is 24.0 Å². The summed E-state index contributed by atoms with van der Waals surface area (Å²) in [6.45, 7) is 9.10. The average molecular weight is 226 g/mol. The monoisotopic (exact) mass is 226 g/mol. The predicted molar refractivity (Wildman–Crippen MR) is 55.4 cm³/mol. The molecule has 1 saturated heterocycles. The van der Waals surface area contributed by atoms with Crippen LogP contribution in [0.2, 0.25) is 0 Å². The third kappa shape index (κ3) is 4.27.